The molecule has 2 aromatic carbocycles. The largest absolute Gasteiger partial charge is 0.508 e. The highest BCUT2D eigenvalue weighted by atomic mass is 32.2. The predicted molar refractivity (Wildman–Crippen MR) is 83.7 cm³/mol. The summed E-state index contributed by atoms with van der Waals surface area (Å²) < 4.78 is 0. The van der Waals surface area contributed by atoms with Crippen LogP contribution in [0.15, 0.2) is 47.4 Å². The van der Waals surface area contributed by atoms with Crippen molar-refractivity contribution in [2.75, 3.05) is 17.7 Å². The van der Waals surface area contributed by atoms with Gasteiger partial charge in [-0.1, -0.05) is 13.0 Å². The van der Waals surface area contributed by atoms with E-state index in [-0.39, 0.29) is 5.75 Å². The van der Waals surface area contributed by atoms with E-state index in [2.05, 4.69) is 13.0 Å². The fraction of sp³-hybridized carbons (Fsp3) is 0.188. The molecule has 0 aliphatic carbocycles. The van der Waals surface area contributed by atoms with Crippen molar-refractivity contribution in [1.29, 1.82) is 5.26 Å². The monoisotopic (exact) mass is 284 g/mol. The molecule has 0 heterocycles. The van der Waals surface area contributed by atoms with Gasteiger partial charge in [0.25, 0.3) is 0 Å². The second-order valence-electron chi connectivity index (χ2n) is 4.27. The maximum absolute atomic E-state index is 9.44. The molecule has 0 amide bonds. The first-order chi connectivity index (χ1) is 9.67. The number of thioether (sulfide) groups is 1. The van der Waals surface area contributed by atoms with Crippen molar-refractivity contribution in [2.45, 2.75) is 11.8 Å². The normalized spacial score (nSPS) is 10.1. The Kier molecular flexibility index (Phi) is 4.54. The molecule has 102 valence electrons. The molecule has 4 heteroatoms. The van der Waals surface area contributed by atoms with Crippen LogP contribution in [-0.4, -0.2) is 17.9 Å². The minimum absolute atomic E-state index is 0.234. The number of rotatable bonds is 4. The summed E-state index contributed by atoms with van der Waals surface area (Å²) in [6.07, 6.45) is 0. The Morgan fingerprint density at radius 1 is 1.20 bits per heavy atom. The number of nitrogens with zero attached hydrogens (tertiary/aromatic N) is 2. The molecule has 0 saturated heterocycles. The van der Waals surface area contributed by atoms with E-state index in [1.54, 1.807) is 23.9 Å². The number of aromatic hydroxyl groups is 1. The fourth-order valence-corrected chi connectivity index (χ4v) is 2.78. The van der Waals surface area contributed by atoms with Crippen molar-refractivity contribution in [3.8, 4) is 11.8 Å². The van der Waals surface area contributed by atoms with Gasteiger partial charge in [0.1, 0.15) is 11.8 Å². The Morgan fingerprint density at radius 2 is 1.90 bits per heavy atom. The van der Waals surface area contributed by atoms with Gasteiger partial charge >= 0.3 is 0 Å². The highest BCUT2D eigenvalue weighted by molar-refractivity contribution is 7.99. The second kappa shape index (κ2) is 6.36. The van der Waals surface area contributed by atoms with Crippen LogP contribution in [0.3, 0.4) is 0 Å². The molecule has 3 nitrogen and oxygen atoms in total. The molecule has 0 bridgehead atoms. The lowest BCUT2D eigenvalue weighted by Gasteiger charge is -2.21. The van der Waals surface area contributed by atoms with Gasteiger partial charge in [-0.25, -0.2) is 0 Å². The number of phenols is 1. The molecule has 0 radical (unpaired) electrons. The first-order valence-electron chi connectivity index (χ1n) is 6.36. The van der Waals surface area contributed by atoms with Gasteiger partial charge in [0, 0.05) is 17.6 Å². The fourth-order valence-electron chi connectivity index (χ4n) is 2.00. The average Bonchev–Trinajstić information content (AvgIpc) is 2.47. The molecule has 0 aliphatic rings. The molecule has 0 saturated carbocycles. The van der Waals surface area contributed by atoms with E-state index in [0.29, 0.717) is 5.56 Å². The van der Waals surface area contributed by atoms with Gasteiger partial charge in [-0.05, 0) is 42.2 Å². The molecule has 0 aliphatic heterocycles. The van der Waals surface area contributed by atoms with Gasteiger partial charge in [0.2, 0.25) is 0 Å². The predicted octanol–water partition coefficient (Wildman–Crippen LogP) is 4.14. The smallest absolute Gasteiger partial charge is 0.115 e. The van der Waals surface area contributed by atoms with Crippen LogP contribution in [0.25, 0.3) is 0 Å². The Morgan fingerprint density at radius 3 is 2.50 bits per heavy atom. The summed E-state index contributed by atoms with van der Waals surface area (Å²) in [7, 11) is 1.92. The molecule has 20 heavy (non-hydrogen) atoms. The lowest BCUT2D eigenvalue weighted by Crippen LogP contribution is -2.11. The van der Waals surface area contributed by atoms with E-state index in [9.17, 15) is 10.4 Å². The third-order valence-corrected chi connectivity index (χ3v) is 3.95. The van der Waals surface area contributed by atoms with Crippen molar-refractivity contribution in [3.05, 3.63) is 48.0 Å². The number of hydrogen-bond acceptors (Lipinski definition) is 4. The van der Waals surface area contributed by atoms with Gasteiger partial charge in [0.05, 0.1) is 11.3 Å². The molecule has 0 fully saturated rings. The van der Waals surface area contributed by atoms with Crippen molar-refractivity contribution < 1.29 is 5.11 Å². The van der Waals surface area contributed by atoms with E-state index in [4.69, 9.17) is 0 Å². The van der Waals surface area contributed by atoms with E-state index >= 15 is 0 Å². The third-order valence-electron chi connectivity index (χ3n) is 3.01. The van der Waals surface area contributed by atoms with Crippen molar-refractivity contribution >= 4 is 23.1 Å². The van der Waals surface area contributed by atoms with E-state index < -0.39 is 0 Å². The van der Waals surface area contributed by atoms with Crippen LogP contribution in [0.2, 0.25) is 0 Å². The molecule has 2 rings (SSSR count). The van der Waals surface area contributed by atoms with Gasteiger partial charge in [-0.3, -0.25) is 0 Å². The molecule has 1 N–H and O–H groups in total. The topological polar surface area (TPSA) is 47.3 Å². The van der Waals surface area contributed by atoms with Crippen LogP contribution >= 0.6 is 11.8 Å². The van der Waals surface area contributed by atoms with Gasteiger partial charge in [0.15, 0.2) is 0 Å². The molecule has 2 aromatic rings. The summed E-state index contributed by atoms with van der Waals surface area (Å²) in [6.45, 7) is 2.07. The SMILES string of the molecule is CCSc1cccc(N(C)c2ccc(O)cc2)c1C#N. The molecular formula is C16H16N2OS. The van der Waals surface area contributed by atoms with Gasteiger partial charge in [-0.2, -0.15) is 5.26 Å². The Hall–Kier alpha value is -2.12. The quantitative estimate of drug-likeness (QED) is 0.857. The van der Waals surface area contributed by atoms with E-state index in [1.165, 1.54) is 0 Å². The number of nitriles is 1. The van der Waals surface area contributed by atoms with Gasteiger partial charge in [-0.15, -0.1) is 11.8 Å². The summed E-state index contributed by atoms with van der Waals surface area (Å²) in [5.74, 6) is 1.17. The van der Waals surface area contributed by atoms with Crippen molar-refractivity contribution in [1.82, 2.24) is 0 Å². The molecule has 0 aromatic heterocycles. The van der Waals surface area contributed by atoms with Gasteiger partial charge < -0.3 is 10.0 Å². The Balaban J connectivity index is 2.44. The van der Waals surface area contributed by atoms with Crippen LogP contribution in [0.4, 0.5) is 11.4 Å². The molecule has 0 atom stereocenters. The zero-order valence-electron chi connectivity index (χ0n) is 11.5. The highest BCUT2D eigenvalue weighted by Crippen LogP contribution is 2.33. The van der Waals surface area contributed by atoms with Crippen LogP contribution in [0.1, 0.15) is 12.5 Å². The van der Waals surface area contributed by atoms with Crippen molar-refractivity contribution in [2.24, 2.45) is 0 Å². The second-order valence-corrected chi connectivity index (χ2v) is 5.58. The number of benzene rings is 2. The minimum atomic E-state index is 0.234. The van der Waals surface area contributed by atoms with Crippen molar-refractivity contribution in [3.63, 3.8) is 0 Å². The van der Waals surface area contributed by atoms with E-state index in [0.717, 1.165) is 22.0 Å². The number of phenolic OH excluding ortho intramolecular Hbond substituents is 1. The summed E-state index contributed by atoms with van der Waals surface area (Å²) in [5.41, 5.74) is 2.49. The summed E-state index contributed by atoms with van der Waals surface area (Å²) in [6, 6.07) is 15.1. The number of anilines is 2. The Labute approximate surface area is 123 Å². The lowest BCUT2D eigenvalue weighted by atomic mass is 10.1. The average molecular weight is 284 g/mol. The highest BCUT2D eigenvalue weighted by Gasteiger charge is 2.13. The zero-order chi connectivity index (χ0) is 14.5. The lowest BCUT2D eigenvalue weighted by molar-refractivity contribution is 0.475. The maximum Gasteiger partial charge on any atom is 0.115 e. The first-order valence-corrected chi connectivity index (χ1v) is 7.34. The van der Waals surface area contributed by atoms with Crippen LogP contribution in [0.5, 0.6) is 5.75 Å². The summed E-state index contributed by atoms with van der Waals surface area (Å²) in [4.78, 5) is 2.95. The maximum atomic E-state index is 9.44. The summed E-state index contributed by atoms with van der Waals surface area (Å²) >= 11 is 1.67. The minimum Gasteiger partial charge on any atom is -0.508 e. The Bertz CT molecular complexity index is 632. The van der Waals surface area contributed by atoms with Crippen LogP contribution in [-0.2, 0) is 0 Å². The van der Waals surface area contributed by atoms with Crippen LogP contribution < -0.4 is 4.90 Å². The number of hydrogen-bond donors (Lipinski definition) is 1. The molecular weight excluding hydrogens is 268 g/mol. The third kappa shape index (κ3) is 2.89. The molecule has 0 spiro atoms. The zero-order valence-corrected chi connectivity index (χ0v) is 12.3. The molecule has 0 unspecified atom stereocenters. The standard InChI is InChI=1S/C16H16N2OS/c1-3-20-16-6-4-5-15(14(16)11-17)18(2)12-7-9-13(19)10-8-12/h4-10,19H,3H2,1-2H3. The van der Waals surface area contributed by atoms with Crippen LogP contribution in [0, 0.1) is 11.3 Å². The summed E-state index contributed by atoms with van der Waals surface area (Å²) in [5, 5.41) is 18.8. The first kappa shape index (κ1) is 14.3. The van der Waals surface area contributed by atoms with E-state index in [1.807, 2.05) is 42.3 Å².